The molecule has 0 spiro atoms. The molecule has 0 radical (unpaired) electrons. The highest BCUT2D eigenvalue weighted by Gasteiger charge is 2.27. The van der Waals surface area contributed by atoms with E-state index in [9.17, 15) is 24.2 Å². The lowest BCUT2D eigenvalue weighted by Crippen LogP contribution is -2.37. The number of allylic oxidation sites excluding steroid dienone is 7. The van der Waals surface area contributed by atoms with Gasteiger partial charge in [0.05, 0.1) is 33.9 Å². The van der Waals surface area contributed by atoms with Crippen LogP contribution in [0, 0.1) is 0 Å². The fourth-order valence-electron chi connectivity index (χ4n) is 6.90. The van der Waals surface area contributed by atoms with Crippen molar-refractivity contribution in [3.05, 3.63) is 48.6 Å². The van der Waals surface area contributed by atoms with Gasteiger partial charge in [-0.3, -0.25) is 18.6 Å². The number of hydrogen-bond donors (Lipinski definition) is 2. The molecule has 2 unspecified atom stereocenters. The second-order valence-corrected chi connectivity index (χ2v) is 19.9. The first kappa shape index (κ1) is 60.9. The third-order valence-corrected chi connectivity index (χ3v) is 11.9. The molecule has 0 aromatic carbocycles. The van der Waals surface area contributed by atoms with Crippen LogP contribution in [0.25, 0.3) is 0 Å². The highest BCUT2D eigenvalue weighted by molar-refractivity contribution is 7.47. The van der Waals surface area contributed by atoms with Crippen molar-refractivity contribution in [3.8, 4) is 0 Å². The van der Waals surface area contributed by atoms with Crippen molar-refractivity contribution in [1.82, 2.24) is 0 Å². The summed E-state index contributed by atoms with van der Waals surface area (Å²) in [6.45, 7) is 4.21. The Hall–Kier alpha value is -2.07. The van der Waals surface area contributed by atoms with Gasteiger partial charge in [0.2, 0.25) is 0 Å². The molecule has 0 saturated carbocycles. The molecule has 0 heterocycles. The maximum Gasteiger partial charge on any atom is 0.472 e. The zero-order valence-corrected chi connectivity index (χ0v) is 42.1. The second kappa shape index (κ2) is 43.8. The van der Waals surface area contributed by atoms with Crippen LogP contribution in [0.2, 0.25) is 0 Å². The van der Waals surface area contributed by atoms with Crippen LogP contribution in [-0.2, 0) is 32.7 Å². The van der Waals surface area contributed by atoms with Gasteiger partial charge in [-0.25, -0.2) is 4.57 Å². The zero-order valence-electron chi connectivity index (χ0n) is 41.2. The van der Waals surface area contributed by atoms with Gasteiger partial charge in [-0.1, -0.05) is 184 Å². The van der Waals surface area contributed by atoms with E-state index >= 15 is 0 Å². The first-order valence-electron chi connectivity index (χ1n) is 25.5. The van der Waals surface area contributed by atoms with Gasteiger partial charge in [-0.15, -0.1) is 0 Å². The number of aliphatic hydroxyl groups excluding tert-OH is 1. The predicted octanol–water partition coefficient (Wildman–Crippen LogP) is 14.0. The van der Waals surface area contributed by atoms with Gasteiger partial charge in [0.25, 0.3) is 0 Å². The summed E-state index contributed by atoms with van der Waals surface area (Å²) in [5.74, 6) is -0.993. The number of carbonyl (C=O) groups is 2. The first-order valence-corrected chi connectivity index (χ1v) is 27.0. The van der Waals surface area contributed by atoms with Crippen molar-refractivity contribution in [3.63, 3.8) is 0 Å². The minimum atomic E-state index is -4.43. The Kier molecular flexibility index (Phi) is 42.4. The monoisotopic (exact) mass is 911 g/mol. The normalized spacial score (nSPS) is 14.3. The molecule has 10 nitrogen and oxygen atoms in total. The van der Waals surface area contributed by atoms with Crippen molar-refractivity contribution < 1.29 is 47.2 Å². The zero-order chi connectivity index (χ0) is 46.5. The Morgan fingerprint density at radius 1 is 0.571 bits per heavy atom. The highest BCUT2D eigenvalue weighted by atomic mass is 31.2. The number of unbranched alkanes of at least 4 members (excludes halogenated alkanes) is 23. The van der Waals surface area contributed by atoms with E-state index in [1.165, 1.54) is 135 Å². The topological polar surface area (TPSA) is 129 Å². The number of ether oxygens (including phenoxy) is 2. The first-order chi connectivity index (χ1) is 30.4. The molecule has 0 aliphatic carbocycles. The second-order valence-electron chi connectivity index (χ2n) is 18.4. The molecule has 0 rings (SSSR count). The van der Waals surface area contributed by atoms with Crippen LogP contribution >= 0.6 is 7.82 Å². The van der Waals surface area contributed by atoms with Crippen molar-refractivity contribution >= 4 is 19.8 Å². The number of quaternary nitrogens is 1. The highest BCUT2D eigenvalue weighted by Crippen LogP contribution is 2.43. The van der Waals surface area contributed by atoms with Crippen LogP contribution in [-0.4, -0.2) is 86.1 Å². The van der Waals surface area contributed by atoms with Crippen molar-refractivity contribution in [2.24, 2.45) is 0 Å². The third kappa shape index (κ3) is 47.7. The number of phosphoric ester groups is 1. The molecule has 11 heteroatoms. The van der Waals surface area contributed by atoms with E-state index in [4.69, 9.17) is 18.5 Å². The minimum absolute atomic E-state index is 0.00266. The number of likely N-dealkylation sites (N-methyl/N-ethyl adjacent to an activating group) is 1. The van der Waals surface area contributed by atoms with Crippen LogP contribution in [0.15, 0.2) is 48.6 Å². The largest absolute Gasteiger partial charge is 0.472 e. The van der Waals surface area contributed by atoms with Crippen LogP contribution in [0.1, 0.15) is 213 Å². The molecule has 0 aromatic rings. The minimum Gasteiger partial charge on any atom is -0.462 e. The van der Waals surface area contributed by atoms with E-state index in [0.29, 0.717) is 30.3 Å². The summed E-state index contributed by atoms with van der Waals surface area (Å²) in [6.07, 6.45) is 49.1. The maximum absolute atomic E-state index is 12.7. The Morgan fingerprint density at radius 3 is 1.57 bits per heavy atom. The van der Waals surface area contributed by atoms with Gasteiger partial charge < -0.3 is 24.0 Å². The number of esters is 2. The molecule has 0 aliphatic rings. The summed E-state index contributed by atoms with van der Waals surface area (Å²) < 4.78 is 34.3. The molecule has 63 heavy (non-hydrogen) atoms. The molecular formula is C52H97NO9P+. The lowest BCUT2D eigenvalue weighted by molar-refractivity contribution is -0.870. The molecule has 0 fully saturated rings. The molecule has 0 amide bonds. The average Bonchev–Trinajstić information content (AvgIpc) is 3.23. The van der Waals surface area contributed by atoms with Crippen LogP contribution in [0.3, 0.4) is 0 Å². The van der Waals surface area contributed by atoms with E-state index < -0.39 is 38.6 Å². The van der Waals surface area contributed by atoms with Gasteiger partial charge in [0.1, 0.15) is 19.8 Å². The molecule has 0 bridgehead atoms. The Balaban J connectivity index is 4.40. The molecule has 0 aromatic heterocycles. The van der Waals surface area contributed by atoms with Gasteiger partial charge in [-0.2, -0.15) is 0 Å². The number of nitrogens with zero attached hydrogens (tertiary/aromatic N) is 1. The molecule has 2 N–H and O–H groups in total. The quantitative estimate of drug-likeness (QED) is 0.0153. The van der Waals surface area contributed by atoms with Crippen LogP contribution in [0.4, 0.5) is 0 Å². The predicted molar refractivity (Wildman–Crippen MR) is 263 cm³/mol. The van der Waals surface area contributed by atoms with E-state index in [1.807, 2.05) is 39.4 Å². The standard InChI is InChI=1S/C52H96NO9P/c1-6-8-10-12-14-16-18-20-21-22-23-24-25-26-27-29-31-33-35-37-39-43-51(55)59-47-50(48-61-63(57,58)60-46-45-53(3,4)5)62-52(56)44-40-42-49(54)41-38-36-34-32-30-28-19-17-15-13-11-9-7-2/h20-21,28,30,34,36,38,41,49-50,54H,6-19,22-27,29,31-33,35,37,39-40,42-48H2,1-5H3/p+1/b21-20-,30-28+,36-34+,41-38+/t49?,50-/m1/s1. The summed E-state index contributed by atoms with van der Waals surface area (Å²) in [6, 6.07) is 0. The summed E-state index contributed by atoms with van der Waals surface area (Å²) in [7, 11) is 1.36. The van der Waals surface area contributed by atoms with Crippen molar-refractivity contribution in [2.75, 3.05) is 47.5 Å². The molecule has 0 saturated heterocycles. The maximum atomic E-state index is 12.7. The SMILES string of the molecule is CCCCCCCC/C=C\CCCCCCCCCCCCCC(=O)OC[C@H](COP(=O)(O)OCC[N+](C)(C)C)OC(=O)CCCC(O)/C=C/C=C/C/C=C/CCCCCCCC. The fraction of sp³-hybridized carbons (Fsp3) is 0.808. The summed E-state index contributed by atoms with van der Waals surface area (Å²) >= 11 is 0. The Labute approximate surface area is 386 Å². The smallest absolute Gasteiger partial charge is 0.462 e. The van der Waals surface area contributed by atoms with E-state index in [2.05, 4.69) is 38.2 Å². The van der Waals surface area contributed by atoms with Gasteiger partial charge in [-0.05, 0) is 64.2 Å². The number of rotatable bonds is 46. The van der Waals surface area contributed by atoms with Crippen molar-refractivity contribution in [2.45, 2.75) is 225 Å². The van der Waals surface area contributed by atoms with Gasteiger partial charge in [0, 0.05) is 12.8 Å². The number of carbonyl (C=O) groups excluding carboxylic acids is 2. The molecule has 368 valence electrons. The molecule has 0 aliphatic heterocycles. The lowest BCUT2D eigenvalue weighted by atomic mass is 10.0. The van der Waals surface area contributed by atoms with E-state index in [-0.39, 0.29) is 26.1 Å². The van der Waals surface area contributed by atoms with Gasteiger partial charge in [0.15, 0.2) is 6.10 Å². The number of phosphoric acid groups is 1. The Morgan fingerprint density at radius 2 is 1.05 bits per heavy atom. The summed E-state index contributed by atoms with van der Waals surface area (Å²) in [4.78, 5) is 35.5. The molecule has 3 atom stereocenters. The Bertz CT molecular complexity index is 1230. The average molecular weight is 911 g/mol. The number of hydrogen-bond acceptors (Lipinski definition) is 8. The van der Waals surface area contributed by atoms with Crippen molar-refractivity contribution in [1.29, 1.82) is 0 Å². The molecular weight excluding hydrogens is 814 g/mol. The van der Waals surface area contributed by atoms with Crippen LogP contribution < -0.4 is 0 Å². The summed E-state index contributed by atoms with van der Waals surface area (Å²) in [5.41, 5.74) is 0. The third-order valence-electron chi connectivity index (χ3n) is 10.9. The number of aliphatic hydroxyl groups is 1. The fourth-order valence-corrected chi connectivity index (χ4v) is 7.64. The van der Waals surface area contributed by atoms with Crippen LogP contribution in [0.5, 0.6) is 0 Å². The summed E-state index contributed by atoms with van der Waals surface area (Å²) in [5, 5.41) is 10.4. The van der Waals surface area contributed by atoms with Gasteiger partial charge >= 0.3 is 19.8 Å². The lowest BCUT2D eigenvalue weighted by Gasteiger charge is -2.24. The van der Waals surface area contributed by atoms with E-state index in [0.717, 1.165) is 32.1 Å². The van der Waals surface area contributed by atoms with E-state index in [1.54, 1.807) is 6.08 Å².